The zero-order valence-corrected chi connectivity index (χ0v) is 11.6. The van der Waals surface area contributed by atoms with Crippen molar-refractivity contribution in [2.45, 2.75) is 45.2 Å². The van der Waals surface area contributed by atoms with Crippen LogP contribution in [0.3, 0.4) is 0 Å². The molecule has 0 amide bonds. The fourth-order valence-electron chi connectivity index (χ4n) is 2.56. The van der Waals surface area contributed by atoms with Gasteiger partial charge in [-0.1, -0.05) is 0 Å². The minimum atomic E-state index is 0.452. The first-order valence-electron chi connectivity index (χ1n) is 6.67. The van der Waals surface area contributed by atoms with Crippen molar-refractivity contribution in [2.75, 3.05) is 0 Å². The lowest BCUT2D eigenvalue weighted by Gasteiger charge is -2.11. The normalized spacial score (nSPS) is 15.8. The van der Waals surface area contributed by atoms with Gasteiger partial charge in [0, 0.05) is 28.8 Å². The molecule has 0 spiro atoms. The van der Waals surface area contributed by atoms with Gasteiger partial charge < -0.3 is 9.73 Å². The summed E-state index contributed by atoms with van der Waals surface area (Å²) in [5.41, 5.74) is 1.59. The summed E-state index contributed by atoms with van der Waals surface area (Å²) in [6.07, 6.45) is 6.63. The van der Waals surface area contributed by atoms with Crippen LogP contribution in [0.25, 0.3) is 0 Å². The predicted octanol–water partition coefficient (Wildman–Crippen LogP) is 3.55. The Hall–Kier alpha value is -1.06. The Morgan fingerprint density at radius 3 is 3.17 bits per heavy atom. The second-order valence-corrected chi connectivity index (χ2v) is 6.30. The highest BCUT2D eigenvalue weighted by atomic mass is 32.1. The maximum Gasteiger partial charge on any atom is 0.105 e. The Morgan fingerprint density at radius 2 is 2.39 bits per heavy atom. The third-order valence-corrected chi connectivity index (χ3v) is 4.75. The van der Waals surface area contributed by atoms with Gasteiger partial charge in [-0.05, 0) is 49.9 Å². The molecule has 2 heterocycles. The molecule has 1 N–H and O–H groups in total. The molecule has 1 unspecified atom stereocenters. The minimum absolute atomic E-state index is 0.452. The Bertz CT molecular complexity index is 479. The van der Waals surface area contributed by atoms with E-state index in [-0.39, 0.29) is 0 Å². The number of hydrogen-bond donors (Lipinski definition) is 1. The highest BCUT2D eigenvalue weighted by Crippen LogP contribution is 2.30. The van der Waals surface area contributed by atoms with Crippen molar-refractivity contribution in [3.63, 3.8) is 0 Å². The van der Waals surface area contributed by atoms with Crippen molar-refractivity contribution in [3.05, 3.63) is 45.5 Å². The molecule has 96 valence electrons. The molecule has 1 aliphatic carbocycles. The number of furan rings is 1. The Labute approximate surface area is 112 Å². The summed E-state index contributed by atoms with van der Waals surface area (Å²) in [6.45, 7) is 3.20. The minimum Gasteiger partial charge on any atom is -0.469 e. The van der Waals surface area contributed by atoms with E-state index >= 15 is 0 Å². The highest BCUT2D eigenvalue weighted by Gasteiger charge is 2.15. The second kappa shape index (κ2) is 5.29. The average molecular weight is 261 g/mol. The van der Waals surface area contributed by atoms with Gasteiger partial charge in [0.2, 0.25) is 0 Å². The van der Waals surface area contributed by atoms with Crippen molar-refractivity contribution < 1.29 is 4.42 Å². The van der Waals surface area contributed by atoms with Crippen LogP contribution in [-0.2, 0) is 25.8 Å². The Balaban J connectivity index is 1.51. The molecule has 0 saturated carbocycles. The van der Waals surface area contributed by atoms with Gasteiger partial charge in [0.1, 0.15) is 5.76 Å². The largest absolute Gasteiger partial charge is 0.469 e. The van der Waals surface area contributed by atoms with Crippen LogP contribution in [0.15, 0.2) is 28.9 Å². The van der Waals surface area contributed by atoms with E-state index in [9.17, 15) is 0 Å². The zero-order chi connectivity index (χ0) is 12.4. The van der Waals surface area contributed by atoms with E-state index in [2.05, 4.69) is 18.3 Å². The van der Waals surface area contributed by atoms with Crippen LogP contribution in [0.2, 0.25) is 0 Å². The third kappa shape index (κ3) is 2.68. The van der Waals surface area contributed by atoms with Crippen LogP contribution in [0, 0.1) is 0 Å². The molecule has 0 fully saturated rings. The number of hydrogen-bond acceptors (Lipinski definition) is 3. The topological polar surface area (TPSA) is 25.2 Å². The summed E-state index contributed by atoms with van der Waals surface area (Å²) >= 11 is 1.99. The number of nitrogens with one attached hydrogen (secondary N) is 1. The van der Waals surface area contributed by atoms with Crippen molar-refractivity contribution in [1.82, 2.24) is 5.32 Å². The SMILES string of the molecule is CC(Cc1ccco1)NCc1cc2c(s1)CCC2. The second-order valence-electron chi connectivity index (χ2n) is 5.08. The predicted molar refractivity (Wildman–Crippen MR) is 75.1 cm³/mol. The molecule has 18 heavy (non-hydrogen) atoms. The Kier molecular flexibility index (Phi) is 3.52. The molecule has 3 rings (SSSR count). The molecule has 0 radical (unpaired) electrons. The van der Waals surface area contributed by atoms with E-state index in [1.165, 1.54) is 24.1 Å². The summed E-state index contributed by atoms with van der Waals surface area (Å²) < 4.78 is 5.37. The van der Waals surface area contributed by atoms with Gasteiger partial charge in [0.05, 0.1) is 6.26 Å². The van der Waals surface area contributed by atoms with Gasteiger partial charge in [0.25, 0.3) is 0 Å². The molecule has 0 aromatic carbocycles. The molecule has 2 aromatic heterocycles. The van der Waals surface area contributed by atoms with Crippen LogP contribution >= 0.6 is 11.3 Å². The monoisotopic (exact) mass is 261 g/mol. The third-order valence-electron chi connectivity index (χ3n) is 3.51. The van der Waals surface area contributed by atoms with Crippen molar-refractivity contribution >= 4 is 11.3 Å². The van der Waals surface area contributed by atoms with Crippen LogP contribution in [0.5, 0.6) is 0 Å². The van der Waals surface area contributed by atoms with Gasteiger partial charge in [-0.25, -0.2) is 0 Å². The Morgan fingerprint density at radius 1 is 1.44 bits per heavy atom. The molecular formula is C15H19NOS. The van der Waals surface area contributed by atoms with E-state index in [0.29, 0.717) is 6.04 Å². The summed E-state index contributed by atoms with van der Waals surface area (Å²) in [4.78, 5) is 3.09. The number of fused-ring (bicyclic) bond motifs is 1. The summed E-state index contributed by atoms with van der Waals surface area (Å²) in [5.74, 6) is 1.06. The van der Waals surface area contributed by atoms with Crippen LogP contribution in [-0.4, -0.2) is 6.04 Å². The van der Waals surface area contributed by atoms with Gasteiger partial charge in [-0.3, -0.25) is 0 Å². The summed E-state index contributed by atoms with van der Waals surface area (Å²) in [6, 6.07) is 6.83. The highest BCUT2D eigenvalue weighted by molar-refractivity contribution is 7.12. The number of thiophene rings is 1. The van der Waals surface area contributed by atoms with E-state index in [4.69, 9.17) is 4.42 Å². The lowest BCUT2D eigenvalue weighted by atomic mass is 10.2. The first-order valence-corrected chi connectivity index (χ1v) is 7.49. The summed E-state index contributed by atoms with van der Waals surface area (Å²) in [5, 5.41) is 3.58. The first-order chi connectivity index (χ1) is 8.81. The fourth-order valence-corrected chi connectivity index (χ4v) is 3.77. The quantitative estimate of drug-likeness (QED) is 0.890. The van der Waals surface area contributed by atoms with Gasteiger partial charge in [-0.2, -0.15) is 0 Å². The lowest BCUT2D eigenvalue weighted by molar-refractivity contribution is 0.457. The molecule has 1 aliphatic rings. The van der Waals surface area contributed by atoms with E-state index in [1.807, 2.05) is 23.5 Å². The van der Waals surface area contributed by atoms with Crippen molar-refractivity contribution in [1.29, 1.82) is 0 Å². The lowest BCUT2D eigenvalue weighted by Crippen LogP contribution is -2.27. The molecule has 0 saturated heterocycles. The molecule has 0 bridgehead atoms. The maximum absolute atomic E-state index is 5.37. The fraction of sp³-hybridized carbons (Fsp3) is 0.467. The molecule has 2 nitrogen and oxygen atoms in total. The smallest absolute Gasteiger partial charge is 0.105 e. The van der Waals surface area contributed by atoms with Crippen LogP contribution < -0.4 is 5.32 Å². The van der Waals surface area contributed by atoms with Crippen LogP contribution in [0.4, 0.5) is 0 Å². The molecule has 1 atom stereocenters. The van der Waals surface area contributed by atoms with Crippen molar-refractivity contribution in [2.24, 2.45) is 0 Å². The van der Waals surface area contributed by atoms with E-state index in [1.54, 1.807) is 16.7 Å². The van der Waals surface area contributed by atoms with Gasteiger partial charge in [0.15, 0.2) is 0 Å². The molecule has 3 heteroatoms. The van der Waals surface area contributed by atoms with Gasteiger partial charge >= 0.3 is 0 Å². The van der Waals surface area contributed by atoms with Crippen molar-refractivity contribution in [3.8, 4) is 0 Å². The number of rotatable bonds is 5. The summed E-state index contributed by atoms with van der Waals surface area (Å²) in [7, 11) is 0. The maximum atomic E-state index is 5.37. The molecule has 2 aromatic rings. The van der Waals surface area contributed by atoms with Crippen LogP contribution in [0.1, 0.15) is 34.4 Å². The van der Waals surface area contributed by atoms with Gasteiger partial charge in [-0.15, -0.1) is 11.3 Å². The average Bonchev–Trinajstić information content (AvgIpc) is 3.01. The first kappa shape index (κ1) is 12.0. The number of aryl methyl sites for hydroxylation is 2. The van der Waals surface area contributed by atoms with E-state index < -0.39 is 0 Å². The standard InChI is InChI=1S/C15H19NOS/c1-11(8-13-5-3-7-17-13)16-10-14-9-12-4-2-6-15(12)18-14/h3,5,7,9,11,16H,2,4,6,8,10H2,1H3. The van der Waals surface area contributed by atoms with E-state index in [0.717, 1.165) is 18.7 Å². The zero-order valence-electron chi connectivity index (χ0n) is 10.7. The molecular weight excluding hydrogens is 242 g/mol. The molecule has 0 aliphatic heterocycles.